The van der Waals surface area contributed by atoms with Crippen molar-refractivity contribution in [3.8, 4) is 0 Å². The third kappa shape index (κ3) is 9.65. The lowest BCUT2D eigenvalue weighted by atomic mass is 10.1. The molecule has 0 radical (unpaired) electrons. The van der Waals surface area contributed by atoms with E-state index in [-0.39, 0.29) is 13.0 Å². The van der Waals surface area contributed by atoms with Gasteiger partial charge in [0.2, 0.25) is 0 Å². The molecule has 0 rings (SSSR count). The molecule has 5 nitrogen and oxygen atoms in total. The van der Waals surface area contributed by atoms with E-state index in [0.717, 1.165) is 0 Å². The molecule has 0 bridgehead atoms. The largest absolute Gasteiger partial charge is 0.481 e. The SMILES string of the molecule is CC(C)CC(O)CNCC(O)CC(=O)O. The van der Waals surface area contributed by atoms with Gasteiger partial charge in [-0.2, -0.15) is 0 Å². The summed E-state index contributed by atoms with van der Waals surface area (Å²) in [5.41, 5.74) is 0. The molecule has 0 amide bonds. The topological polar surface area (TPSA) is 89.8 Å². The Hall–Kier alpha value is -0.650. The minimum atomic E-state index is -1.02. The fourth-order valence-corrected chi connectivity index (χ4v) is 1.32. The zero-order chi connectivity index (χ0) is 11.8. The van der Waals surface area contributed by atoms with Gasteiger partial charge < -0.3 is 20.6 Å². The molecule has 15 heavy (non-hydrogen) atoms. The van der Waals surface area contributed by atoms with Crippen molar-refractivity contribution in [2.45, 2.75) is 38.9 Å². The van der Waals surface area contributed by atoms with Crippen LogP contribution in [-0.2, 0) is 4.79 Å². The molecule has 0 aromatic carbocycles. The summed E-state index contributed by atoms with van der Waals surface area (Å²) in [6.45, 7) is 4.61. The fourth-order valence-electron chi connectivity index (χ4n) is 1.32. The van der Waals surface area contributed by atoms with Gasteiger partial charge in [0.1, 0.15) is 0 Å². The van der Waals surface area contributed by atoms with Crippen LogP contribution in [0.4, 0.5) is 0 Å². The molecule has 0 aliphatic heterocycles. The first-order valence-electron chi connectivity index (χ1n) is 5.20. The number of rotatable bonds is 8. The van der Waals surface area contributed by atoms with Gasteiger partial charge in [-0.3, -0.25) is 4.79 Å². The number of carboxylic acids is 1. The van der Waals surface area contributed by atoms with E-state index in [1.807, 2.05) is 13.8 Å². The molecule has 0 aliphatic rings. The first-order valence-corrected chi connectivity index (χ1v) is 5.20. The summed E-state index contributed by atoms with van der Waals surface area (Å²) in [4.78, 5) is 10.2. The molecule has 2 atom stereocenters. The van der Waals surface area contributed by atoms with Crippen molar-refractivity contribution >= 4 is 5.97 Å². The minimum absolute atomic E-state index is 0.196. The second-order valence-corrected chi connectivity index (χ2v) is 4.19. The Kier molecular flexibility index (Phi) is 7.29. The summed E-state index contributed by atoms with van der Waals surface area (Å²) in [6, 6.07) is 0. The van der Waals surface area contributed by atoms with Crippen molar-refractivity contribution in [1.29, 1.82) is 0 Å². The lowest BCUT2D eigenvalue weighted by Gasteiger charge is -2.15. The van der Waals surface area contributed by atoms with Crippen molar-refractivity contribution in [3.05, 3.63) is 0 Å². The molecule has 0 spiro atoms. The number of nitrogens with one attached hydrogen (secondary N) is 1. The Labute approximate surface area is 90.1 Å². The van der Waals surface area contributed by atoms with Crippen LogP contribution >= 0.6 is 0 Å². The molecule has 0 saturated carbocycles. The summed E-state index contributed by atoms with van der Waals surface area (Å²) in [7, 11) is 0. The second-order valence-electron chi connectivity index (χ2n) is 4.19. The van der Waals surface area contributed by atoms with Gasteiger partial charge in [0.25, 0.3) is 0 Å². The van der Waals surface area contributed by atoms with Crippen LogP contribution in [-0.4, -0.2) is 46.6 Å². The number of hydrogen-bond donors (Lipinski definition) is 4. The molecule has 0 aromatic rings. The predicted molar refractivity (Wildman–Crippen MR) is 56.6 cm³/mol. The molecular weight excluding hydrogens is 198 g/mol. The third-order valence-corrected chi connectivity index (χ3v) is 1.91. The van der Waals surface area contributed by atoms with E-state index in [2.05, 4.69) is 5.32 Å². The minimum Gasteiger partial charge on any atom is -0.481 e. The molecule has 0 heterocycles. The van der Waals surface area contributed by atoms with Crippen LogP contribution in [0.15, 0.2) is 0 Å². The lowest BCUT2D eigenvalue weighted by molar-refractivity contribution is -0.139. The Morgan fingerprint density at radius 3 is 2.20 bits per heavy atom. The first kappa shape index (κ1) is 14.3. The zero-order valence-corrected chi connectivity index (χ0v) is 9.31. The lowest BCUT2D eigenvalue weighted by Crippen LogP contribution is -2.34. The van der Waals surface area contributed by atoms with E-state index >= 15 is 0 Å². The number of carbonyl (C=O) groups is 1. The standard InChI is InChI=1S/C10H21NO4/c1-7(2)3-8(12)5-11-6-9(13)4-10(14)15/h7-9,11-13H,3-6H2,1-2H3,(H,14,15). The highest BCUT2D eigenvalue weighted by molar-refractivity contribution is 5.67. The maximum absolute atomic E-state index is 10.2. The van der Waals surface area contributed by atoms with E-state index in [1.54, 1.807) is 0 Å². The number of carboxylic acid groups (broad SMARTS) is 1. The number of aliphatic hydroxyl groups is 2. The van der Waals surface area contributed by atoms with Crippen LogP contribution in [0, 0.1) is 5.92 Å². The second kappa shape index (κ2) is 7.62. The van der Waals surface area contributed by atoms with E-state index < -0.39 is 18.2 Å². The quantitative estimate of drug-likeness (QED) is 0.454. The Balaban J connectivity index is 3.48. The summed E-state index contributed by atoms with van der Waals surface area (Å²) in [5.74, 6) is -0.599. The van der Waals surface area contributed by atoms with Gasteiger partial charge in [-0.15, -0.1) is 0 Å². The molecule has 4 N–H and O–H groups in total. The van der Waals surface area contributed by atoms with Gasteiger partial charge in [0.05, 0.1) is 18.6 Å². The number of aliphatic carboxylic acids is 1. The molecule has 2 unspecified atom stereocenters. The third-order valence-electron chi connectivity index (χ3n) is 1.91. The Bertz CT molecular complexity index is 184. The maximum atomic E-state index is 10.2. The van der Waals surface area contributed by atoms with Crippen LogP contribution in [0.1, 0.15) is 26.7 Å². The predicted octanol–water partition coefficient (Wildman–Crippen LogP) is -0.181. The van der Waals surface area contributed by atoms with E-state index in [4.69, 9.17) is 5.11 Å². The normalized spacial score (nSPS) is 15.3. The number of hydrogen-bond acceptors (Lipinski definition) is 4. The molecule has 0 fully saturated rings. The Morgan fingerprint density at radius 2 is 1.73 bits per heavy atom. The average Bonchev–Trinajstić information content (AvgIpc) is 2.00. The Morgan fingerprint density at radius 1 is 1.20 bits per heavy atom. The van der Waals surface area contributed by atoms with Crippen molar-refractivity contribution in [3.63, 3.8) is 0 Å². The van der Waals surface area contributed by atoms with Gasteiger partial charge in [-0.1, -0.05) is 13.8 Å². The van der Waals surface area contributed by atoms with Crippen LogP contribution in [0.5, 0.6) is 0 Å². The molecule has 0 aromatic heterocycles. The maximum Gasteiger partial charge on any atom is 0.306 e. The molecule has 5 heteroatoms. The molecular formula is C10H21NO4. The highest BCUT2D eigenvalue weighted by Gasteiger charge is 2.10. The molecule has 0 saturated heterocycles. The molecule has 0 aliphatic carbocycles. The van der Waals surface area contributed by atoms with Crippen molar-refractivity contribution < 1.29 is 20.1 Å². The van der Waals surface area contributed by atoms with Gasteiger partial charge in [0.15, 0.2) is 0 Å². The van der Waals surface area contributed by atoms with Crippen molar-refractivity contribution in [1.82, 2.24) is 5.32 Å². The monoisotopic (exact) mass is 219 g/mol. The van der Waals surface area contributed by atoms with Crippen LogP contribution in [0.3, 0.4) is 0 Å². The molecule has 90 valence electrons. The highest BCUT2D eigenvalue weighted by Crippen LogP contribution is 2.03. The smallest absolute Gasteiger partial charge is 0.306 e. The highest BCUT2D eigenvalue weighted by atomic mass is 16.4. The van der Waals surface area contributed by atoms with Crippen molar-refractivity contribution in [2.24, 2.45) is 5.92 Å². The van der Waals surface area contributed by atoms with Crippen LogP contribution in [0.2, 0.25) is 0 Å². The zero-order valence-electron chi connectivity index (χ0n) is 9.31. The van der Waals surface area contributed by atoms with Gasteiger partial charge >= 0.3 is 5.97 Å². The van der Waals surface area contributed by atoms with E-state index in [0.29, 0.717) is 18.9 Å². The van der Waals surface area contributed by atoms with E-state index in [1.165, 1.54) is 0 Å². The van der Waals surface area contributed by atoms with E-state index in [9.17, 15) is 15.0 Å². The fraction of sp³-hybridized carbons (Fsp3) is 0.900. The van der Waals surface area contributed by atoms with Crippen LogP contribution < -0.4 is 5.32 Å². The van der Waals surface area contributed by atoms with Crippen molar-refractivity contribution in [2.75, 3.05) is 13.1 Å². The average molecular weight is 219 g/mol. The van der Waals surface area contributed by atoms with Gasteiger partial charge in [-0.25, -0.2) is 0 Å². The summed E-state index contributed by atoms with van der Waals surface area (Å²) < 4.78 is 0. The van der Waals surface area contributed by atoms with Gasteiger partial charge in [-0.05, 0) is 12.3 Å². The summed E-state index contributed by atoms with van der Waals surface area (Å²) in [5, 5.41) is 29.8. The summed E-state index contributed by atoms with van der Waals surface area (Å²) >= 11 is 0. The van der Waals surface area contributed by atoms with Gasteiger partial charge in [0, 0.05) is 13.1 Å². The first-order chi connectivity index (χ1) is 6.91. The number of aliphatic hydroxyl groups excluding tert-OH is 2. The van der Waals surface area contributed by atoms with Crippen LogP contribution in [0.25, 0.3) is 0 Å². The summed E-state index contributed by atoms with van der Waals surface area (Å²) in [6.07, 6.45) is -0.911.